The molecular formula is C12H16F2O. The lowest BCUT2D eigenvalue weighted by molar-refractivity contribution is -0.0143. The molecule has 1 rings (SSSR count). The molecule has 0 bridgehead atoms. The lowest BCUT2D eigenvalue weighted by atomic mass is 9.81. The van der Waals surface area contributed by atoms with E-state index in [1.54, 1.807) is 0 Å². The van der Waals surface area contributed by atoms with E-state index in [1.807, 2.05) is 20.8 Å². The lowest BCUT2D eigenvalue weighted by Gasteiger charge is -2.31. The Morgan fingerprint density at radius 3 is 2.27 bits per heavy atom. The number of hydrogen-bond acceptors (Lipinski definition) is 1. The van der Waals surface area contributed by atoms with Crippen LogP contribution in [0.4, 0.5) is 8.78 Å². The van der Waals surface area contributed by atoms with Crippen molar-refractivity contribution in [2.24, 2.45) is 5.92 Å². The zero-order valence-corrected chi connectivity index (χ0v) is 9.22. The van der Waals surface area contributed by atoms with E-state index in [0.29, 0.717) is 12.0 Å². The van der Waals surface area contributed by atoms with Crippen molar-refractivity contribution in [3.63, 3.8) is 0 Å². The Kier molecular flexibility index (Phi) is 3.45. The van der Waals surface area contributed by atoms with Crippen molar-refractivity contribution < 1.29 is 13.9 Å². The molecule has 1 nitrogen and oxygen atoms in total. The van der Waals surface area contributed by atoms with Gasteiger partial charge in [-0.25, -0.2) is 8.78 Å². The quantitative estimate of drug-likeness (QED) is 0.819. The summed E-state index contributed by atoms with van der Waals surface area (Å²) < 4.78 is 25.8. The molecule has 0 radical (unpaired) electrons. The van der Waals surface area contributed by atoms with Crippen molar-refractivity contribution in [2.45, 2.75) is 32.8 Å². The van der Waals surface area contributed by atoms with E-state index in [2.05, 4.69) is 0 Å². The molecule has 0 saturated heterocycles. The molecule has 0 aliphatic carbocycles. The molecule has 1 aromatic rings. The Morgan fingerprint density at radius 1 is 1.27 bits per heavy atom. The number of hydrogen-bond donors (Lipinski definition) is 1. The first kappa shape index (κ1) is 12.1. The fraction of sp³-hybridized carbons (Fsp3) is 0.500. The first-order valence-electron chi connectivity index (χ1n) is 5.09. The maximum absolute atomic E-state index is 13.0. The van der Waals surface area contributed by atoms with Crippen molar-refractivity contribution in [3.8, 4) is 0 Å². The summed E-state index contributed by atoms with van der Waals surface area (Å²) in [5.41, 5.74) is -0.659. The van der Waals surface area contributed by atoms with Gasteiger partial charge in [-0.05, 0) is 30.0 Å². The average molecular weight is 214 g/mol. The van der Waals surface area contributed by atoms with Gasteiger partial charge in [-0.1, -0.05) is 26.8 Å². The van der Waals surface area contributed by atoms with Gasteiger partial charge in [0.05, 0.1) is 5.60 Å². The maximum Gasteiger partial charge on any atom is 0.159 e. The predicted molar refractivity (Wildman–Crippen MR) is 55.4 cm³/mol. The third-order valence-corrected chi connectivity index (χ3v) is 2.91. The third kappa shape index (κ3) is 2.17. The zero-order chi connectivity index (χ0) is 11.6. The van der Waals surface area contributed by atoms with Gasteiger partial charge in [0, 0.05) is 0 Å². The fourth-order valence-electron chi connectivity index (χ4n) is 1.71. The first-order chi connectivity index (χ1) is 6.91. The predicted octanol–water partition coefficient (Wildman–Crippen LogP) is 3.22. The molecule has 15 heavy (non-hydrogen) atoms. The minimum Gasteiger partial charge on any atom is -0.385 e. The minimum atomic E-state index is -1.09. The van der Waals surface area contributed by atoms with Crippen molar-refractivity contribution in [1.29, 1.82) is 0 Å². The normalized spacial score (nSPS) is 15.4. The SMILES string of the molecule is CCC(O)(c1ccc(F)c(F)c1)C(C)C. The maximum atomic E-state index is 13.0. The molecule has 0 amide bonds. The summed E-state index contributed by atoms with van der Waals surface area (Å²) >= 11 is 0. The van der Waals surface area contributed by atoms with Crippen LogP contribution >= 0.6 is 0 Å². The van der Waals surface area contributed by atoms with E-state index in [-0.39, 0.29) is 5.92 Å². The average Bonchev–Trinajstić information content (AvgIpc) is 2.20. The number of halogens is 2. The Labute approximate surface area is 88.7 Å². The summed E-state index contributed by atoms with van der Waals surface area (Å²) in [6.45, 7) is 5.52. The van der Waals surface area contributed by atoms with Gasteiger partial charge < -0.3 is 5.11 Å². The number of rotatable bonds is 3. The van der Waals surface area contributed by atoms with Crippen LogP contribution in [0.3, 0.4) is 0 Å². The molecule has 1 aromatic carbocycles. The second kappa shape index (κ2) is 4.27. The molecule has 0 heterocycles. The van der Waals surface area contributed by atoms with Gasteiger partial charge in [0.2, 0.25) is 0 Å². The summed E-state index contributed by atoms with van der Waals surface area (Å²) in [6, 6.07) is 3.55. The van der Waals surface area contributed by atoms with Crippen LogP contribution in [0.1, 0.15) is 32.8 Å². The van der Waals surface area contributed by atoms with E-state index >= 15 is 0 Å². The molecule has 0 aromatic heterocycles. The van der Waals surface area contributed by atoms with Crippen LogP contribution < -0.4 is 0 Å². The number of aliphatic hydroxyl groups is 1. The van der Waals surface area contributed by atoms with E-state index in [4.69, 9.17) is 0 Å². The van der Waals surface area contributed by atoms with Gasteiger partial charge in [-0.3, -0.25) is 0 Å². The van der Waals surface area contributed by atoms with Crippen LogP contribution in [0.25, 0.3) is 0 Å². The molecule has 1 N–H and O–H groups in total. The molecule has 3 heteroatoms. The summed E-state index contributed by atoms with van der Waals surface area (Å²) in [5, 5.41) is 10.3. The molecule has 0 saturated carbocycles. The van der Waals surface area contributed by atoms with Crippen LogP contribution in [-0.4, -0.2) is 5.11 Å². The molecule has 1 atom stereocenters. The molecular weight excluding hydrogens is 198 g/mol. The Morgan fingerprint density at radius 2 is 1.87 bits per heavy atom. The highest BCUT2D eigenvalue weighted by molar-refractivity contribution is 5.24. The second-order valence-electron chi connectivity index (χ2n) is 4.06. The van der Waals surface area contributed by atoms with Gasteiger partial charge in [0.1, 0.15) is 0 Å². The highest BCUT2D eigenvalue weighted by Crippen LogP contribution is 2.33. The van der Waals surface area contributed by atoms with Crippen LogP contribution in [0.2, 0.25) is 0 Å². The Balaban J connectivity index is 3.19. The van der Waals surface area contributed by atoms with Crippen molar-refractivity contribution in [2.75, 3.05) is 0 Å². The van der Waals surface area contributed by atoms with Crippen LogP contribution in [-0.2, 0) is 5.60 Å². The summed E-state index contributed by atoms with van der Waals surface area (Å²) in [4.78, 5) is 0. The topological polar surface area (TPSA) is 20.2 Å². The standard InChI is InChI=1S/C12H16F2O/c1-4-12(15,8(2)3)9-5-6-10(13)11(14)7-9/h5-8,15H,4H2,1-3H3. The van der Waals surface area contributed by atoms with Gasteiger partial charge in [-0.2, -0.15) is 0 Å². The van der Waals surface area contributed by atoms with E-state index < -0.39 is 17.2 Å². The van der Waals surface area contributed by atoms with Gasteiger partial charge >= 0.3 is 0 Å². The fourth-order valence-corrected chi connectivity index (χ4v) is 1.71. The van der Waals surface area contributed by atoms with Gasteiger partial charge in [-0.15, -0.1) is 0 Å². The zero-order valence-electron chi connectivity index (χ0n) is 9.22. The highest BCUT2D eigenvalue weighted by atomic mass is 19.2. The van der Waals surface area contributed by atoms with Crippen molar-refractivity contribution in [1.82, 2.24) is 0 Å². The molecule has 1 unspecified atom stereocenters. The number of benzene rings is 1. The summed E-state index contributed by atoms with van der Waals surface area (Å²) in [5.74, 6) is -1.85. The molecule has 0 fully saturated rings. The van der Waals surface area contributed by atoms with Gasteiger partial charge in [0.25, 0.3) is 0 Å². The largest absolute Gasteiger partial charge is 0.385 e. The minimum absolute atomic E-state index is 0.0487. The smallest absolute Gasteiger partial charge is 0.159 e. The van der Waals surface area contributed by atoms with Crippen molar-refractivity contribution in [3.05, 3.63) is 35.4 Å². The summed E-state index contributed by atoms with van der Waals surface area (Å²) in [7, 11) is 0. The summed E-state index contributed by atoms with van der Waals surface area (Å²) in [6.07, 6.45) is 0.468. The molecule has 0 spiro atoms. The first-order valence-corrected chi connectivity index (χ1v) is 5.09. The van der Waals surface area contributed by atoms with Crippen LogP contribution in [0.15, 0.2) is 18.2 Å². The van der Waals surface area contributed by atoms with E-state index in [9.17, 15) is 13.9 Å². The monoisotopic (exact) mass is 214 g/mol. The Bertz CT molecular complexity index is 349. The molecule has 0 aliphatic rings. The van der Waals surface area contributed by atoms with E-state index in [0.717, 1.165) is 12.1 Å². The van der Waals surface area contributed by atoms with Crippen LogP contribution in [0, 0.1) is 17.6 Å². The molecule has 84 valence electrons. The second-order valence-corrected chi connectivity index (χ2v) is 4.06. The Hall–Kier alpha value is -0.960. The van der Waals surface area contributed by atoms with Crippen LogP contribution in [0.5, 0.6) is 0 Å². The highest BCUT2D eigenvalue weighted by Gasteiger charge is 2.31. The van der Waals surface area contributed by atoms with Crippen molar-refractivity contribution >= 4 is 0 Å². The molecule has 0 aliphatic heterocycles. The van der Waals surface area contributed by atoms with E-state index in [1.165, 1.54) is 6.07 Å². The lowest BCUT2D eigenvalue weighted by Crippen LogP contribution is -2.31. The third-order valence-electron chi connectivity index (χ3n) is 2.91. The van der Waals surface area contributed by atoms with Gasteiger partial charge in [0.15, 0.2) is 11.6 Å².